The van der Waals surface area contributed by atoms with Crippen molar-refractivity contribution in [2.45, 2.75) is 17.6 Å². The van der Waals surface area contributed by atoms with E-state index >= 15 is 0 Å². The van der Waals surface area contributed by atoms with Gasteiger partial charge < -0.3 is 9.80 Å². The highest BCUT2D eigenvalue weighted by Crippen LogP contribution is 2.22. The average Bonchev–Trinajstić information content (AvgIpc) is 2.54. The van der Waals surface area contributed by atoms with Gasteiger partial charge in [0.2, 0.25) is 5.95 Å². The first-order valence-electron chi connectivity index (χ1n) is 7.96. The lowest BCUT2D eigenvalue weighted by atomic mass is 10.2. The van der Waals surface area contributed by atoms with Gasteiger partial charge in [-0.15, -0.1) is 11.8 Å². The second kappa shape index (κ2) is 7.19. The van der Waals surface area contributed by atoms with Crippen molar-refractivity contribution in [2.75, 3.05) is 38.1 Å². The van der Waals surface area contributed by atoms with Gasteiger partial charge in [-0.05, 0) is 19.1 Å². The van der Waals surface area contributed by atoms with Gasteiger partial charge in [-0.25, -0.2) is 4.98 Å². The van der Waals surface area contributed by atoms with Gasteiger partial charge in [0.1, 0.15) is 0 Å². The Kier molecular flexibility index (Phi) is 5.03. The van der Waals surface area contributed by atoms with E-state index in [2.05, 4.69) is 53.1 Å². The molecular weight excluding hydrogens is 308 g/mol. The molecule has 1 aromatic heterocycles. The Labute approximate surface area is 140 Å². The molecule has 23 heavy (non-hydrogen) atoms. The summed E-state index contributed by atoms with van der Waals surface area (Å²) in [6.07, 6.45) is 0. The quantitative estimate of drug-likeness (QED) is 0.810. The van der Waals surface area contributed by atoms with Crippen molar-refractivity contribution in [3.05, 3.63) is 51.9 Å². The molecule has 6 heteroatoms. The van der Waals surface area contributed by atoms with Crippen LogP contribution in [0.3, 0.4) is 0 Å². The van der Waals surface area contributed by atoms with Crippen LogP contribution in [0.25, 0.3) is 0 Å². The molecule has 0 aliphatic carbocycles. The van der Waals surface area contributed by atoms with E-state index in [1.54, 1.807) is 17.8 Å². The van der Waals surface area contributed by atoms with Gasteiger partial charge in [-0.2, -0.15) is 0 Å². The number of nitrogens with one attached hydrogen (secondary N) is 2. The number of H-pyrrole nitrogens is 1. The highest BCUT2D eigenvalue weighted by molar-refractivity contribution is 7.98. The zero-order chi connectivity index (χ0) is 16.2. The van der Waals surface area contributed by atoms with Crippen LogP contribution in [0.1, 0.15) is 11.3 Å². The van der Waals surface area contributed by atoms with Gasteiger partial charge in [0.25, 0.3) is 5.56 Å². The maximum Gasteiger partial charge on any atom is 0.252 e. The highest BCUT2D eigenvalue weighted by Gasteiger charge is 2.19. The predicted octanol–water partition coefficient (Wildman–Crippen LogP) is 0.705. The summed E-state index contributed by atoms with van der Waals surface area (Å²) in [6, 6.07) is 10.0. The Morgan fingerprint density at radius 1 is 1.26 bits per heavy atom. The average molecular weight is 331 g/mol. The van der Waals surface area contributed by atoms with Crippen LogP contribution >= 0.6 is 11.8 Å². The number of quaternary nitrogens is 1. The molecule has 2 heterocycles. The van der Waals surface area contributed by atoms with Gasteiger partial charge in [0.15, 0.2) is 0 Å². The van der Waals surface area contributed by atoms with E-state index in [-0.39, 0.29) is 5.56 Å². The van der Waals surface area contributed by atoms with Crippen LogP contribution < -0.4 is 15.4 Å². The first-order valence-corrected chi connectivity index (χ1v) is 8.95. The summed E-state index contributed by atoms with van der Waals surface area (Å²) >= 11 is 1.71. The minimum absolute atomic E-state index is 0.0687. The van der Waals surface area contributed by atoms with Crippen molar-refractivity contribution in [1.82, 2.24) is 9.97 Å². The number of rotatable bonds is 4. The van der Waals surface area contributed by atoms with Crippen LogP contribution in [0.4, 0.5) is 5.95 Å². The minimum Gasteiger partial charge on any atom is -0.334 e. The predicted molar refractivity (Wildman–Crippen MR) is 94.4 cm³/mol. The summed E-state index contributed by atoms with van der Waals surface area (Å²) in [7, 11) is 2.20. The smallest absolute Gasteiger partial charge is 0.252 e. The zero-order valence-electron chi connectivity index (χ0n) is 13.6. The first-order chi connectivity index (χ1) is 11.1. The lowest BCUT2D eigenvalue weighted by Crippen LogP contribution is -3.12. The number of hydrogen-bond acceptors (Lipinski definition) is 4. The molecule has 0 saturated carbocycles. The monoisotopic (exact) mass is 331 g/mol. The number of hydrogen-bond donors (Lipinski definition) is 2. The summed E-state index contributed by atoms with van der Waals surface area (Å²) in [6.45, 7) is 6.10. The van der Waals surface area contributed by atoms with Crippen molar-refractivity contribution >= 4 is 17.7 Å². The van der Waals surface area contributed by atoms with E-state index in [0.29, 0.717) is 11.7 Å². The fourth-order valence-corrected chi connectivity index (χ4v) is 3.40. The number of aromatic amines is 1. The molecule has 1 aliphatic heterocycles. The fraction of sp³-hybridized carbons (Fsp3) is 0.412. The van der Waals surface area contributed by atoms with E-state index in [1.165, 1.54) is 15.4 Å². The fourth-order valence-electron chi connectivity index (χ4n) is 2.61. The maximum absolute atomic E-state index is 11.9. The molecule has 2 aromatic rings. The standard InChI is InChI=1S/C17H22N4OS/c1-13-3-5-15(6-4-13)23-12-14-11-16(22)19-17(18-14)21-9-7-20(2)8-10-21/h3-6,11H,7-10,12H2,1-2H3,(H,18,19,22)/p+1. The van der Waals surface area contributed by atoms with Crippen molar-refractivity contribution in [2.24, 2.45) is 0 Å². The maximum atomic E-state index is 11.9. The topological polar surface area (TPSA) is 53.4 Å². The second-order valence-corrected chi connectivity index (χ2v) is 7.15. The van der Waals surface area contributed by atoms with E-state index in [4.69, 9.17) is 0 Å². The molecule has 0 atom stereocenters. The Balaban J connectivity index is 1.70. The number of benzene rings is 1. The SMILES string of the molecule is Cc1ccc(SCc2cc(=O)[nH]c(N3CC[NH+](C)CC3)n2)cc1. The molecule has 0 bridgehead atoms. The van der Waals surface area contributed by atoms with Crippen LogP contribution in [-0.4, -0.2) is 43.2 Å². The van der Waals surface area contributed by atoms with Crippen molar-refractivity contribution < 1.29 is 4.90 Å². The third-order valence-electron chi connectivity index (χ3n) is 4.11. The summed E-state index contributed by atoms with van der Waals surface area (Å²) in [5, 5.41) is 0. The van der Waals surface area contributed by atoms with Crippen LogP contribution in [0.5, 0.6) is 0 Å². The van der Waals surface area contributed by atoms with Gasteiger partial charge in [0, 0.05) is 16.7 Å². The first kappa shape index (κ1) is 16.1. The molecule has 1 aliphatic rings. The number of thioether (sulfide) groups is 1. The molecule has 0 spiro atoms. The number of nitrogens with zero attached hydrogens (tertiary/aromatic N) is 2. The molecule has 0 unspecified atom stereocenters. The Hall–Kier alpha value is -1.79. The molecule has 0 amide bonds. The number of anilines is 1. The van der Waals surface area contributed by atoms with E-state index in [9.17, 15) is 4.79 Å². The Morgan fingerprint density at radius 2 is 1.96 bits per heavy atom. The highest BCUT2D eigenvalue weighted by atomic mass is 32.2. The summed E-state index contributed by atoms with van der Waals surface area (Å²) in [5.74, 6) is 1.42. The van der Waals surface area contributed by atoms with Gasteiger partial charge in [0.05, 0.1) is 38.9 Å². The molecule has 122 valence electrons. The number of aryl methyl sites for hydroxylation is 1. The number of piperazine rings is 1. The largest absolute Gasteiger partial charge is 0.334 e. The molecular formula is C17H23N4OS+. The molecule has 1 fully saturated rings. The second-order valence-electron chi connectivity index (χ2n) is 6.11. The molecule has 5 nitrogen and oxygen atoms in total. The molecule has 1 aromatic carbocycles. The normalized spacial score (nSPS) is 15.8. The third kappa shape index (κ3) is 4.36. The molecule has 2 N–H and O–H groups in total. The lowest BCUT2D eigenvalue weighted by molar-refractivity contribution is -0.880. The zero-order valence-corrected chi connectivity index (χ0v) is 14.4. The van der Waals surface area contributed by atoms with E-state index in [0.717, 1.165) is 31.9 Å². The summed E-state index contributed by atoms with van der Waals surface area (Å²) in [5.41, 5.74) is 2.02. The third-order valence-corrected chi connectivity index (χ3v) is 5.15. The van der Waals surface area contributed by atoms with Crippen molar-refractivity contribution in [1.29, 1.82) is 0 Å². The van der Waals surface area contributed by atoms with E-state index < -0.39 is 0 Å². The van der Waals surface area contributed by atoms with Crippen LogP contribution in [0.2, 0.25) is 0 Å². The van der Waals surface area contributed by atoms with Crippen LogP contribution in [0, 0.1) is 6.92 Å². The number of likely N-dealkylation sites (N-methyl/N-ethyl adjacent to an activating group) is 1. The molecule has 1 saturated heterocycles. The van der Waals surface area contributed by atoms with Crippen LogP contribution in [-0.2, 0) is 5.75 Å². The number of aromatic nitrogens is 2. The van der Waals surface area contributed by atoms with Gasteiger partial charge >= 0.3 is 0 Å². The van der Waals surface area contributed by atoms with Gasteiger partial charge in [-0.3, -0.25) is 9.78 Å². The van der Waals surface area contributed by atoms with Crippen molar-refractivity contribution in [3.63, 3.8) is 0 Å². The molecule has 0 radical (unpaired) electrons. The summed E-state index contributed by atoms with van der Waals surface area (Å²) < 4.78 is 0. The lowest BCUT2D eigenvalue weighted by Gasteiger charge is -2.30. The Morgan fingerprint density at radius 3 is 2.65 bits per heavy atom. The van der Waals surface area contributed by atoms with Crippen molar-refractivity contribution in [3.8, 4) is 0 Å². The Bertz CT molecular complexity index is 705. The minimum atomic E-state index is -0.0687. The summed E-state index contributed by atoms with van der Waals surface area (Å²) in [4.78, 5) is 24.4. The van der Waals surface area contributed by atoms with E-state index in [1.807, 2.05) is 0 Å². The molecule has 3 rings (SSSR count). The van der Waals surface area contributed by atoms with Gasteiger partial charge in [-0.1, -0.05) is 17.7 Å². The van der Waals surface area contributed by atoms with Crippen LogP contribution in [0.15, 0.2) is 40.0 Å².